The minimum atomic E-state index is -1.82. The van der Waals surface area contributed by atoms with E-state index < -0.39 is 194 Å². The zero-order chi connectivity index (χ0) is 66.0. The Hall–Kier alpha value is -7.59. The number of hydrogen-bond acceptors (Lipinski definition) is 22. The fourth-order valence-electron chi connectivity index (χ4n) is 9.25. The van der Waals surface area contributed by atoms with Gasteiger partial charge in [0.1, 0.15) is 12.1 Å². The van der Waals surface area contributed by atoms with Crippen molar-refractivity contribution in [2.24, 2.45) is 57.5 Å². The van der Waals surface area contributed by atoms with Crippen LogP contribution in [-0.4, -0.2) is 220 Å². The second-order valence-corrected chi connectivity index (χ2v) is 22.6. The molecule has 0 spiro atoms. The van der Waals surface area contributed by atoms with E-state index in [-0.39, 0.29) is 69.3 Å². The zero-order valence-electron chi connectivity index (χ0n) is 50.1. The van der Waals surface area contributed by atoms with Crippen LogP contribution in [0, 0.1) is 29.6 Å². The monoisotopic (exact) mass is 1270 g/mol. The number of ketones is 5. The number of hydrogen-bond donors (Lipinski definition) is 13. The molecular weight excluding hydrogens is 1180 g/mol. The van der Waals surface area contributed by atoms with Gasteiger partial charge in [-0.15, -0.1) is 0 Å². The molecule has 1 fully saturated rings. The van der Waals surface area contributed by atoms with E-state index in [0.717, 1.165) is 16.7 Å². The number of aromatic amines is 1. The largest absolute Gasteiger partial charge is 0.481 e. The molecule has 1 saturated heterocycles. The number of imidazole rings is 1. The number of carbonyl (C=O) groups excluding carboxylic acids is 13. The van der Waals surface area contributed by atoms with E-state index >= 15 is 0 Å². The number of amides is 8. The quantitative estimate of drug-likeness (QED) is 0.0127. The number of nitrogens with two attached hydrogens (primary N) is 4. The van der Waals surface area contributed by atoms with E-state index in [2.05, 4.69) is 41.5 Å². The van der Waals surface area contributed by atoms with Gasteiger partial charge in [0.25, 0.3) is 0 Å². The highest BCUT2D eigenvalue weighted by Crippen LogP contribution is 2.26. The lowest BCUT2D eigenvalue weighted by Gasteiger charge is -2.28. The lowest BCUT2D eigenvalue weighted by atomic mass is 9.90. The zero-order valence-corrected chi connectivity index (χ0v) is 50.9. The Kier molecular flexibility index (Phi) is 35.5. The third-order valence-corrected chi connectivity index (χ3v) is 14.9. The van der Waals surface area contributed by atoms with E-state index in [9.17, 15) is 82.4 Å². The Bertz CT molecular complexity index is 2580. The van der Waals surface area contributed by atoms with Crippen molar-refractivity contribution in [3.8, 4) is 0 Å². The van der Waals surface area contributed by atoms with Crippen LogP contribution in [0.2, 0.25) is 0 Å². The molecule has 1 aromatic heterocycles. The van der Waals surface area contributed by atoms with Gasteiger partial charge in [-0.3, -0.25) is 77.0 Å². The molecule has 0 bridgehead atoms. The van der Waals surface area contributed by atoms with Gasteiger partial charge in [-0.2, -0.15) is 11.8 Å². The van der Waals surface area contributed by atoms with Crippen LogP contribution in [0.4, 0.5) is 0 Å². The number of primary amides is 1. The molecule has 8 amide bonds. The Morgan fingerprint density at radius 3 is 1.90 bits per heavy atom. The van der Waals surface area contributed by atoms with Crippen LogP contribution in [0.5, 0.6) is 0 Å². The molecule has 1 unspecified atom stereocenters. The molecule has 0 aliphatic carbocycles. The van der Waals surface area contributed by atoms with E-state index in [1.54, 1.807) is 20.1 Å². The maximum atomic E-state index is 13.9. The summed E-state index contributed by atoms with van der Waals surface area (Å²) < 4.78 is 10.3. The highest BCUT2D eigenvalue weighted by molar-refractivity contribution is 8.00. The summed E-state index contributed by atoms with van der Waals surface area (Å²) in [6, 6.07) is -6.27. The number of ether oxygens (including phenoxy) is 2. The van der Waals surface area contributed by atoms with E-state index in [1.165, 1.54) is 19.6 Å². The summed E-state index contributed by atoms with van der Waals surface area (Å²) in [4.78, 5) is 197. The van der Waals surface area contributed by atoms with Gasteiger partial charge in [0.05, 0.1) is 93.8 Å². The standard InChI is InChI=1S/C55H87N13O19S/c1-30(2)14-38(66-53(84)41(23-56)68-47(77)22-45(88-4)54(68)85)43(74)19-34(27-69)50(81)63-26-37(72)16-31(8-7-10-61-55(58)59)51(82)67-40(28-70)44(75)18-33(20-48(78)79)52(83)65-39(21-46(57)76)42(73)17-32(15-35-24-60-29-64-35)49(80)62-25-36(71)9-5-6-11-87-13-12-86-3/h24,29-34,38-41,45,69-70H,5-23,25-28,56H2,1-4H3,(H2,57,76)(H,60,64)(H,62,80)(H,63,81)(H,65,83)(H,66,84)(H,67,82)(H,78,79)(H4,58,59,61)/t31-,32-,33+,34+,38+,39+,40+,41+,45?/m1/s1. The first-order valence-electron chi connectivity index (χ1n) is 28.7. The number of carboxylic acids is 1. The van der Waals surface area contributed by atoms with E-state index in [0.29, 0.717) is 38.4 Å². The lowest BCUT2D eigenvalue weighted by Crippen LogP contribution is -2.56. The van der Waals surface area contributed by atoms with Gasteiger partial charge in [-0.25, -0.2) is 4.98 Å². The number of aliphatic imine (C=N–C) groups is 1. The lowest BCUT2D eigenvalue weighted by molar-refractivity contribution is -0.147. The average molecular weight is 1270 g/mol. The number of H-pyrrole nitrogens is 1. The Morgan fingerprint density at radius 2 is 1.33 bits per heavy atom. The number of carboxylic acid groups (broad SMARTS) is 1. The maximum Gasteiger partial charge on any atom is 0.304 e. The van der Waals surface area contributed by atoms with Gasteiger partial charge in [0.15, 0.2) is 34.9 Å². The van der Waals surface area contributed by atoms with Gasteiger partial charge in [0.2, 0.25) is 47.3 Å². The van der Waals surface area contributed by atoms with Crippen molar-refractivity contribution < 1.29 is 91.9 Å². The van der Waals surface area contributed by atoms with Crippen LogP contribution in [-0.2, 0) is 83.0 Å². The van der Waals surface area contributed by atoms with Crippen LogP contribution in [0.3, 0.4) is 0 Å². The molecule has 1 aliphatic rings. The third-order valence-electron chi connectivity index (χ3n) is 14.0. The first kappa shape index (κ1) is 76.5. The van der Waals surface area contributed by atoms with Crippen molar-refractivity contribution in [3.05, 3.63) is 18.2 Å². The van der Waals surface area contributed by atoms with Gasteiger partial charge in [-0.1, -0.05) is 13.8 Å². The molecule has 33 heteroatoms. The molecule has 2 heterocycles. The van der Waals surface area contributed by atoms with Gasteiger partial charge >= 0.3 is 5.97 Å². The number of imide groups is 1. The van der Waals surface area contributed by atoms with E-state index in [1.807, 2.05) is 0 Å². The normalized spacial score (nSPS) is 15.8. The summed E-state index contributed by atoms with van der Waals surface area (Å²) in [6.45, 7) is 1.07. The molecular formula is C55H87N13O19S. The average Bonchev–Trinajstić information content (AvgIpc) is 4.14. The molecule has 0 aromatic carbocycles. The fraction of sp³-hybridized carbons (Fsp3) is 0.673. The number of carbonyl (C=O) groups is 14. The number of likely N-dealkylation sites (tertiary alicyclic amines) is 1. The summed E-state index contributed by atoms with van der Waals surface area (Å²) >= 11 is 1.13. The highest BCUT2D eigenvalue weighted by Gasteiger charge is 2.45. The minimum Gasteiger partial charge on any atom is -0.481 e. The number of guanidine groups is 1. The summed E-state index contributed by atoms with van der Waals surface area (Å²) in [5, 5.41) is 41.6. The first-order valence-corrected chi connectivity index (χ1v) is 30.0. The first-order chi connectivity index (χ1) is 41.7. The summed E-state index contributed by atoms with van der Waals surface area (Å²) in [7, 11) is 1.53. The third kappa shape index (κ3) is 28.1. The second kappa shape index (κ2) is 40.8. The Balaban J connectivity index is 2.22. The Labute approximate surface area is 513 Å². The van der Waals surface area contributed by atoms with Gasteiger partial charge < -0.3 is 79.3 Å². The van der Waals surface area contributed by atoms with Gasteiger partial charge in [0, 0.05) is 89.6 Å². The van der Waals surface area contributed by atoms with Crippen LogP contribution in [0.1, 0.15) is 103 Å². The van der Waals surface area contributed by atoms with Gasteiger partial charge in [-0.05, 0) is 44.3 Å². The predicted molar refractivity (Wildman–Crippen MR) is 314 cm³/mol. The SMILES string of the molecule is COCCOCCCCC(=O)CNC(=O)[C@@H](CC(=O)[C@H](CC(N)=O)NC(=O)[C@H](CC(=O)O)CC(=O)[C@H](CO)NC(=O)[C@H](CCCN=C(N)N)CC(=O)CNC(=O)[C@H](CO)CC(=O)[C@H](CC(C)C)NC(=O)[C@H](CN)N1C(=O)CC(SC)C1=O)Cc1cnc[nH]1. The number of nitrogens with one attached hydrogen (secondary N) is 6. The predicted octanol–water partition coefficient (Wildman–Crippen LogP) is -4.40. The fourth-order valence-corrected chi connectivity index (χ4v) is 9.87. The number of methoxy groups -OCH3 is 1. The van der Waals surface area contributed by atoms with Crippen molar-refractivity contribution in [1.82, 2.24) is 41.5 Å². The highest BCUT2D eigenvalue weighted by atomic mass is 32.2. The van der Waals surface area contributed by atoms with Crippen LogP contribution in [0.25, 0.3) is 0 Å². The molecule has 2 rings (SSSR count). The number of Topliss-reactive ketones (excluding diaryl/α,β-unsaturated/α-hetero) is 5. The van der Waals surface area contributed by atoms with Crippen molar-refractivity contribution in [2.45, 2.75) is 133 Å². The topological polar surface area (TPSA) is 527 Å². The molecule has 17 N–H and O–H groups in total. The van der Waals surface area contributed by atoms with Crippen LogP contribution < -0.4 is 49.5 Å². The molecule has 88 heavy (non-hydrogen) atoms. The van der Waals surface area contributed by atoms with E-state index in [4.69, 9.17) is 32.4 Å². The van der Waals surface area contributed by atoms with Crippen molar-refractivity contribution >= 4 is 99.9 Å². The molecule has 0 radical (unpaired) electrons. The minimum absolute atomic E-state index is 0.0400. The number of unbranched alkanes of at least 4 members (excludes halogenated alkanes) is 1. The number of rotatable bonds is 48. The van der Waals surface area contributed by atoms with Crippen LogP contribution in [0.15, 0.2) is 17.5 Å². The Morgan fingerprint density at radius 1 is 0.727 bits per heavy atom. The molecule has 9 atom stereocenters. The number of aliphatic hydroxyl groups is 2. The van der Waals surface area contributed by atoms with Crippen molar-refractivity contribution in [1.29, 1.82) is 0 Å². The number of aliphatic hydroxyl groups excluding tert-OH is 2. The number of aromatic nitrogens is 2. The molecule has 1 aromatic rings. The second-order valence-electron chi connectivity index (χ2n) is 21.5. The molecule has 1 aliphatic heterocycles. The molecule has 0 saturated carbocycles. The summed E-state index contributed by atoms with van der Waals surface area (Å²) in [5.41, 5.74) is 22.5. The van der Waals surface area contributed by atoms with Crippen molar-refractivity contribution in [2.75, 3.05) is 72.6 Å². The smallest absolute Gasteiger partial charge is 0.304 e. The summed E-state index contributed by atoms with van der Waals surface area (Å²) in [5.74, 6) is -18.8. The molecule has 492 valence electrons. The number of nitrogens with zero attached hydrogens (tertiary/aromatic N) is 3. The number of thioether (sulfide) groups is 1. The van der Waals surface area contributed by atoms with Crippen molar-refractivity contribution in [3.63, 3.8) is 0 Å². The summed E-state index contributed by atoms with van der Waals surface area (Å²) in [6.07, 6.45) is 0.442. The van der Waals surface area contributed by atoms with Crippen LogP contribution >= 0.6 is 11.8 Å². The maximum absolute atomic E-state index is 13.9. The molecule has 32 nitrogen and oxygen atoms in total. The number of aliphatic carboxylic acids is 1.